The normalized spacial score (nSPS) is 18.1. The van der Waals surface area contributed by atoms with Gasteiger partial charge in [-0.05, 0) is 6.07 Å². The van der Waals surface area contributed by atoms with E-state index in [4.69, 9.17) is 18.0 Å². The van der Waals surface area contributed by atoms with Gasteiger partial charge in [0.2, 0.25) is 5.91 Å². The number of pyridine rings is 1. The molecule has 0 radical (unpaired) electrons. The van der Waals surface area contributed by atoms with E-state index in [0.29, 0.717) is 20.3 Å². The number of hydrogen-bond donors (Lipinski definition) is 0. The fourth-order valence-electron chi connectivity index (χ4n) is 2.62. The fourth-order valence-corrected chi connectivity index (χ4v) is 5.32. The summed E-state index contributed by atoms with van der Waals surface area (Å²) in [6, 6.07) is 3.23. The van der Waals surface area contributed by atoms with Crippen molar-refractivity contribution in [1.29, 1.82) is 0 Å². The second-order valence-electron chi connectivity index (χ2n) is 6.47. The Morgan fingerprint density at radius 1 is 1.59 bits per heavy atom. The third-order valence-electron chi connectivity index (χ3n) is 4.27. The van der Waals surface area contributed by atoms with Gasteiger partial charge < -0.3 is 5.21 Å². The van der Waals surface area contributed by atoms with Crippen LogP contribution in [0, 0.1) is 23.5 Å². The molecular weight excluding hydrogens is 444 g/mol. The van der Waals surface area contributed by atoms with Crippen LogP contribution in [0.2, 0.25) is 5.15 Å². The summed E-state index contributed by atoms with van der Waals surface area (Å²) >= 11 is 7.28. The molecule has 154 valence electrons. The van der Waals surface area contributed by atoms with E-state index >= 15 is 0 Å². The molecule has 6 nitrogen and oxygen atoms in total. The van der Waals surface area contributed by atoms with Crippen molar-refractivity contribution in [3.63, 3.8) is 0 Å². The molecule has 1 fully saturated rings. The van der Waals surface area contributed by atoms with Gasteiger partial charge in [0.05, 0.1) is 12.1 Å². The number of thiazole rings is 1. The molecule has 2 aromatic heterocycles. The van der Waals surface area contributed by atoms with E-state index in [1.54, 1.807) is 12.1 Å². The Bertz CT molecular complexity index is 993. The monoisotopic (exact) mass is 459 g/mol. The molecule has 3 rings (SSSR count). The van der Waals surface area contributed by atoms with E-state index in [-0.39, 0.29) is 36.0 Å². The summed E-state index contributed by atoms with van der Waals surface area (Å²) in [6.45, 7) is -0.0795. The maximum absolute atomic E-state index is 12.9. The number of amides is 1. The Morgan fingerprint density at radius 3 is 2.93 bits per heavy atom. The van der Waals surface area contributed by atoms with Crippen LogP contribution in [0.25, 0.3) is 10.6 Å². The van der Waals surface area contributed by atoms with Crippen molar-refractivity contribution >= 4 is 44.6 Å². The molecule has 0 aliphatic heterocycles. The highest BCUT2D eigenvalue weighted by Gasteiger charge is 2.57. The summed E-state index contributed by atoms with van der Waals surface area (Å²) in [5, 5.41) is 12.3. The molecule has 11 heteroatoms. The smallest absolute Gasteiger partial charge is 0.252 e. The molecule has 1 aliphatic carbocycles. The quantitative estimate of drug-likeness (QED) is 0.345. The van der Waals surface area contributed by atoms with Gasteiger partial charge >= 0.3 is 0 Å². The molecule has 1 amide bonds. The molecule has 1 aliphatic rings. The molecule has 29 heavy (non-hydrogen) atoms. The van der Waals surface area contributed by atoms with E-state index in [0.717, 1.165) is 11.3 Å². The molecule has 0 saturated heterocycles. The zero-order valence-corrected chi connectivity index (χ0v) is 17.4. The highest BCUT2D eigenvalue weighted by molar-refractivity contribution is 7.85. The number of terminal acetylenes is 1. The van der Waals surface area contributed by atoms with Crippen LogP contribution < -0.4 is 9.63 Å². The number of carbonyl (C=O) groups is 1. The minimum Gasteiger partial charge on any atom is -0.619 e. The van der Waals surface area contributed by atoms with Gasteiger partial charge in [0.25, 0.3) is 5.92 Å². The van der Waals surface area contributed by atoms with Gasteiger partial charge in [0, 0.05) is 47.1 Å². The number of halogens is 3. The molecule has 1 saturated carbocycles. The van der Waals surface area contributed by atoms with Crippen LogP contribution in [0.3, 0.4) is 0 Å². The predicted octanol–water partition coefficient (Wildman–Crippen LogP) is 2.86. The summed E-state index contributed by atoms with van der Waals surface area (Å²) in [7, 11) is -1.53. The van der Waals surface area contributed by atoms with E-state index < -0.39 is 28.5 Å². The van der Waals surface area contributed by atoms with Crippen LogP contribution >= 0.6 is 22.9 Å². The number of aromatic nitrogens is 2. The molecule has 2 unspecified atom stereocenters. The van der Waals surface area contributed by atoms with Crippen molar-refractivity contribution < 1.29 is 22.5 Å². The SMILES string of the molecule is C#CCN(C(=O)CCS(=O)CC1CC1(F)F)c1sc(-c2ccc[n+]([O-])c2)nc1Cl. The average molecular weight is 460 g/mol. The molecule has 2 atom stereocenters. The van der Waals surface area contributed by atoms with Crippen molar-refractivity contribution in [1.82, 2.24) is 4.98 Å². The molecule has 0 aromatic carbocycles. The van der Waals surface area contributed by atoms with Crippen LogP contribution in [-0.4, -0.2) is 39.1 Å². The summed E-state index contributed by atoms with van der Waals surface area (Å²) in [5.41, 5.74) is 0.528. The second-order valence-corrected chi connectivity index (χ2v) is 9.43. The first-order chi connectivity index (χ1) is 13.7. The number of nitrogens with zero attached hydrogens (tertiary/aromatic N) is 3. The van der Waals surface area contributed by atoms with Gasteiger partial charge in [-0.15, -0.1) is 6.42 Å². The van der Waals surface area contributed by atoms with Crippen LogP contribution in [0.15, 0.2) is 24.5 Å². The predicted molar refractivity (Wildman–Crippen MR) is 108 cm³/mol. The van der Waals surface area contributed by atoms with E-state index in [9.17, 15) is 23.0 Å². The molecular formula is C18H16ClF2N3O3S2. The summed E-state index contributed by atoms with van der Waals surface area (Å²) < 4.78 is 38.5. The van der Waals surface area contributed by atoms with E-state index in [1.807, 2.05) is 0 Å². The number of anilines is 1. The molecule has 2 heterocycles. The average Bonchev–Trinajstić information content (AvgIpc) is 3.07. The Kier molecular flexibility index (Phi) is 6.51. The lowest BCUT2D eigenvalue weighted by molar-refractivity contribution is -0.604. The minimum absolute atomic E-state index is 0.0371. The van der Waals surface area contributed by atoms with Crippen molar-refractivity contribution in [2.45, 2.75) is 18.8 Å². The highest BCUT2D eigenvalue weighted by atomic mass is 35.5. The second kappa shape index (κ2) is 8.73. The third kappa shape index (κ3) is 5.29. The Hall–Kier alpha value is -2.09. The van der Waals surface area contributed by atoms with Gasteiger partial charge in [0.15, 0.2) is 17.5 Å². The van der Waals surface area contributed by atoms with E-state index in [1.165, 1.54) is 17.3 Å². The number of hydrogen-bond acceptors (Lipinski definition) is 5. The third-order valence-corrected chi connectivity index (χ3v) is 7.21. The zero-order chi connectivity index (χ0) is 21.2. The van der Waals surface area contributed by atoms with E-state index in [2.05, 4.69) is 10.9 Å². The summed E-state index contributed by atoms with van der Waals surface area (Å²) in [6.07, 6.45) is 7.63. The van der Waals surface area contributed by atoms with Crippen LogP contribution in [0.4, 0.5) is 13.8 Å². The number of carbonyl (C=O) groups excluding carboxylic acids is 1. The zero-order valence-electron chi connectivity index (χ0n) is 15.0. The van der Waals surface area contributed by atoms with Gasteiger partial charge in [-0.3, -0.25) is 13.9 Å². The standard InChI is InChI=1S/C18H16ClF2N3O3S2/c1-2-6-24(14(25)5-8-29(27)11-13-9-18(13,20)21)17-15(19)22-16(28-17)12-4-3-7-23(26)10-12/h1,3-4,7,10,13H,5-6,8-9,11H2. The first kappa shape index (κ1) is 21.6. The van der Waals surface area contributed by atoms with Crippen molar-refractivity contribution in [3.8, 4) is 22.9 Å². The first-order valence-electron chi connectivity index (χ1n) is 8.53. The lowest BCUT2D eigenvalue weighted by Crippen LogP contribution is -2.32. The largest absolute Gasteiger partial charge is 0.619 e. The fraction of sp³-hybridized carbons (Fsp3) is 0.389. The Morgan fingerprint density at radius 2 is 2.31 bits per heavy atom. The summed E-state index contributed by atoms with van der Waals surface area (Å²) in [5.74, 6) is -1.82. The minimum atomic E-state index is -2.73. The van der Waals surface area contributed by atoms with Crippen LogP contribution in [0.5, 0.6) is 0 Å². The lowest BCUT2D eigenvalue weighted by Gasteiger charge is -2.18. The van der Waals surface area contributed by atoms with Crippen molar-refractivity contribution in [2.24, 2.45) is 5.92 Å². The van der Waals surface area contributed by atoms with Crippen LogP contribution in [0.1, 0.15) is 12.8 Å². The first-order valence-corrected chi connectivity index (χ1v) is 11.2. The van der Waals surface area contributed by atoms with Crippen molar-refractivity contribution in [3.05, 3.63) is 34.9 Å². The lowest BCUT2D eigenvalue weighted by atomic mass is 10.3. The topological polar surface area (TPSA) is 77.2 Å². The van der Waals surface area contributed by atoms with Gasteiger partial charge in [0.1, 0.15) is 10.0 Å². The van der Waals surface area contributed by atoms with Crippen molar-refractivity contribution in [2.75, 3.05) is 23.0 Å². The van der Waals surface area contributed by atoms with Gasteiger partial charge in [-0.1, -0.05) is 28.9 Å². The molecule has 0 N–H and O–H groups in total. The molecule has 0 spiro atoms. The van der Waals surface area contributed by atoms with Crippen LogP contribution in [-0.2, 0) is 15.6 Å². The number of alkyl halides is 2. The van der Waals surface area contributed by atoms with Gasteiger partial charge in [-0.25, -0.2) is 13.8 Å². The van der Waals surface area contributed by atoms with Gasteiger partial charge in [-0.2, -0.15) is 4.73 Å². The molecule has 2 aromatic rings. The maximum Gasteiger partial charge on any atom is 0.252 e. The molecule has 0 bridgehead atoms. The maximum atomic E-state index is 12.9. The number of rotatable bonds is 8. The Balaban J connectivity index is 1.69. The highest BCUT2D eigenvalue weighted by Crippen LogP contribution is 2.48. The summed E-state index contributed by atoms with van der Waals surface area (Å²) in [4.78, 5) is 18.1. The Labute approximate surface area is 177 Å².